The van der Waals surface area contributed by atoms with E-state index < -0.39 is 0 Å². The van der Waals surface area contributed by atoms with Crippen molar-refractivity contribution in [2.24, 2.45) is 0 Å². The summed E-state index contributed by atoms with van der Waals surface area (Å²) >= 11 is 0. The van der Waals surface area contributed by atoms with Gasteiger partial charge in [0.1, 0.15) is 0 Å². The Morgan fingerprint density at radius 2 is 0.696 bits per heavy atom. The fourth-order valence-corrected chi connectivity index (χ4v) is 7.54. The number of nitrogens with zero attached hydrogens (tertiary/aromatic N) is 4. The Bertz CT molecular complexity index is 2980. The molecular weight excluding hydrogens is 681 g/mol. The Balaban J connectivity index is 1.11. The fraction of sp³-hybridized carbons (Fsp3) is 0. The van der Waals surface area contributed by atoms with Gasteiger partial charge in [-0.1, -0.05) is 188 Å². The molecule has 0 radical (unpaired) electrons. The average molecular weight is 715 g/mol. The minimum Gasteiger partial charge on any atom is -0.247 e. The van der Waals surface area contributed by atoms with Crippen LogP contribution in [0.2, 0.25) is 0 Å². The van der Waals surface area contributed by atoms with E-state index in [1.54, 1.807) is 0 Å². The summed E-state index contributed by atoms with van der Waals surface area (Å²) in [5, 5.41) is 3.42. The van der Waals surface area contributed by atoms with Crippen LogP contribution in [-0.4, -0.2) is 19.9 Å². The maximum Gasteiger partial charge on any atom is 0.164 e. The summed E-state index contributed by atoms with van der Waals surface area (Å²) in [7, 11) is 0. The summed E-state index contributed by atoms with van der Waals surface area (Å²) in [5.74, 6) is 1.88. The van der Waals surface area contributed by atoms with Gasteiger partial charge in [-0.15, -0.1) is 0 Å². The zero-order valence-corrected chi connectivity index (χ0v) is 30.4. The van der Waals surface area contributed by atoms with Crippen LogP contribution in [0.25, 0.3) is 100 Å². The van der Waals surface area contributed by atoms with Gasteiger partial charge in [0.25, 0.3) is 0 Å². The van der Waals surface area contributed by atoms with Crippen LogP contribution in [0.4, 0.5) is 0 Å². The van der Waals surface area contributed by atoms with Crippen LogP contribution in [-0.2, 0) is 0 Å². The molecule has 0 aliphatic heterocycles. The third-order valence-electron chi connectivity index (χ3n) is 10.3. The van der Waals surface area contributed by atoms with E-state index >= 15 is 0 Å². The number of pyridine rings is 1. The first-order chi connectivity index (χ1) is 27.7. The van der Waals surface area contributed by atoms with Crippen LogP contribution in [0.1, 0.15) is 0 Å². The molecule has 0 saturated heterocycles. The summed E-state index contributed by atoms with van der Waals surface area (Å²) in [6, 6.07) is 71.7. The first kappa shape index (κ1) is 33.0. The standard InChI is InChI=1S/C52H34N4/c1-5-15-35(16-6-1)36-27-29-40(30-28-36)51-54-50(39-21-11-4-12-22-39)55-52(56-51)43-24-13-23-41(33-43)42-31-32-47-46(34-42)48-44(37-17-7-2-8-18-37)25-14-26-45(48)49(53-47)38-19-9-3-10-20-38/h1-34H. The van der Waals surface area contributed by atoms with Crippen LogP contribution < -0.4 is 0 Å². The zero-order chi connectivity index (χ0) is 37.3. The highest BCUT2D eigenvalue weighted by atomic mass is 15.0. The lowest BCUT2D eigenvalue weighted by Gasteiger charge is -2.15. The monoisotopic (exact) mass is 714 g/mol. The first-order valence-electron chi connectivity index (χ1n) is 18.8. The maximum atomic E-state index is 5.28. The number of rotatable bonds is 7. The summed E-state index contributed by atoms with van der Waals surface area (Å²) in [5.41, 5.74) is 12.6. The predicted molar refractivity (Wildman–Crippen MR) is 231 cm³/mol. The summed E-state index contributed by atoms with van der Waals surface area (Å²) < 4.78 is 0. The lowest BCUT2D eigenvalue weighted by atomic mass is 9.91. The Morgan fingerprint density at radius 3 is 1.36 bits per heavy atom. The Morgan fingerprint density at radius 1 is 0.250 bits per heavy atom. The molecule has 10 rings (SSSR count). The zero-order valence-electron chi connectivity index (χ0n) is 30.4. The highest BCUT2D eigenvalue weighted by Gasteiger charge is 2.17. The van der Waals surface area contributed by atoms with E-state index in [4.69, 9.17) is 19.9 Å². The van der Waals surface area contributed by atoms with Gasteiger partial charge in [0.05, 0.1) is 11.2 Å². The minimum absolute atomic E-state index is 0.620. The molecule has 0 unspecified atom stereocenters. The van der Waals surface area contributed by atoms with Gasteiger partial charge < -0.3 is 0 Å². The average Bonchev–Trinajstić information content (AvgIpc) is 3.29. The van der Waals surface area contributed by atoms with Gasteiger partial charge >= 0.3 is 0 Å². The second kappa shape index (κ2) is 14.3. The predicted octanol–water partition coefficient (Wildman–Crippen LogP) is 13.2. The van der Waals surface area contributed by atoms with Crippen molar-refractivity contribution < 1.29 is 0 Å². The molecule has 262 valence electrons. The van der Waals surface area contributed by atoms with Crippen molar-refractivity contribution >= 4 is 21.7 Å². The molecule has 0 bridgehead atoms. The van der Waals surface area contributed by atoms with Crippen molar-refractivity contribution in [2.75, 3.05) is 0 Å². The highest BCUT2D eigenvalue weighted by molar-refractivity contribution is 6.17. The van der Waals surface area contributed by atoms with Gasteiger partial charge in [-0.2, -0.15) is 0 Å². The molecule has 8 aromatic carbocycles. The number of hydrogen-bond donors (Lipinski definition) is 0. The molecule has 0 saturated carbocycles. The lowest BCUT2D eigenvalue weighted by Crippen LogP contribution is -2.00. The second-order valence-electron chi connectivity index (χ2n) is 13.8. The third-order valence-corrected chi connectivity index (χ3v) is 10.3. The van der Waals surface area contributed by atoms with Crippen LogP contribution in [0.5, 0.6) is 0 Å². The summed E-state index contributed by atoms with van der Waals surface area (Å²) in [6.07, 6.45) is 0. The number of aromatic nitrogens is 4. The van der Waals surface area contributed by atoms with Gasteiger partial charge in [-0.05, 0) is 51.6 Å². The number of fused-ring (bicyclic) bond motifs is 3. The van der Waals surface area contributed by atoms with E-state index in [9.17, 15) is 0 Å². The number of hydrogen-bond acceptors (Lipinski definition) is 4. The van der Waals surface area contributed by atoms with Gasteiger partial charge in [0.2, 0.25) is 0 Å². The highest BCUT2D eigenvalue weighted by Crippen LogP contribution is 2.40. The molecule has 56 heavy (non-hydrogen) atoms. The van der Waals surface area contributed by atoms with Crippen molar-refractivity contribution in [1.82, 2.24) is 19.9 Å². The lowest BCUT2D eigenvalue weighted by molar-refractivity contribution is 1.07. The van der Waals surface area contributed by atoms with E-state index in [2.05, 4.69) is 164 Å². The summed E-state index contributed by atoms with van der Waals surface area (Å²) in [4.78, 5) is 20.4. The summed E-state index contributed by atoms with van der Waals surface area (Å²) in [6.45, 7) is 0. The Labute approximate surface area is 325 Å². The van der Waals surface area contributed by atoms with Gasteiger partial charge in [-0.25, -0.2) is 19.9 Å². The topological polar surface area (TPSA) is 51.6 Å². The van der Waals surface area contributed by atoms with Crippen molar-refractivity contribution in [1.29, 1.82) is 0 Å². The molecule has 10 aromatic rings. The van der Waals surface area contributed by atoms with E-state index in [1.165, 1.54) is 22.1 Å². The molecule has 0 atom stereocenters. The Hall–Kier alpha value is -7.56. The molecule has 0 N–H and O–H groups in total. The second-order valence-corrected chi connectivity index (χ2v) is 13.8. The van der Waals surface area contributed by atoms with Crippen molar-refractivity contribution in [3.05, 3.63) is 206 Å². The van der Waals surface area contributed by atoms with Gasteiger partial charge in [0.15, 0.2) is 17.5 Å². The first-order valence-corrected chi connectivity index (χ1v) is 18.8. The quantitative estimate of drug-likeness (QED) is 0.154. The minimum atomic E-state index is 0.620. The molecule has 0 aliphatic carbocycles. The smallest absolute Gasteiger partial charge is 0.164 e. The fourth-order valence-electron chi connectivity index (χ4n) is 7.54. The van der Waals surface area contributed by atoms with E-state index in [0.717, 1.165) is 60.9 Å². The van der Waals surface area contributed by atoms with Crippen molar-refractivity contribution in [3.8, 4) is 78.8 Å². The third kappa shape index (κ3) is 6.29. The molecular formula is C52H34N4. The van der Waals surface area contributed by atoms with E-state index in [1.807, 2.05) is 42.5 Å². The molecule has 0 spiro atoms. The molecule has 4 heteroatoms. The van der Waals surface area contributed by atoms with Crippen LogP contribution in [0.3, 0.4) is 0 Å². The molecule has 4 nitrogen and oxygen atoms in total. The van der Waals surface area contributed by atoms with Crippen LogP contribution in [0.15, 0.2) is 206 Å². The van der Waals surface area contributed by atoms with Crippen molar-refractivity contribution in [2.45, 2.75) is 0 Å². The normalized spacial score (nSPS) is 11.2. The van der Waals surface area contributed by atoms with E-state index in [0.29, 0.717) is 17.5 Å². The molecule has 0 aliphatic rings. The van der Waals surface area contributed by atoms with Gasteiger partial charge in [0, 0.05) is 38.4 Å². The maximum absolute atomic E-state index is 5.28. The Kier molecular flexibility index (Phi) is 8.47. The van der Waals surface area contributed by atoms with Crippen LogP contribution in [0, 0.1) is 0 Å². The van der Waals surface area contributed by atoms with Crippen molar-refractivity contribution in [3.63, 3.8) is 0 Å². The molecule has 2 aromatic heterocycles. The van der Waals surface area contributed by atoms with E-state index in [-0.39, 0.29) is 0 Å². The van der Waals surface area contributed by atoms with Crippen LogP contribution >= 0.6 is 0 Å². The molecule has 0 fully saturated rings. The number of benzene rings is 8. The molecule has 2 heterocycles. The van der Waals surface area contributed by atoms with Gasteiger partial charge in [-0.3, -0.25) is 0 Å². The SMILES string of the molecule is c1ccc(-c2ccc(-c3nc(-c4ccccc4)nc(-c4cccc(-c5ccc6nc(-c7ccccc7)c7cccc(-c8ccccc8)c7c6c5)c4)n3)cc2)cc1. The largest absolute Gasteiger partial charge is 0.247 e. The molecule has 0 amide bonds.